The smallest absolute Gasteiger partial charge is 0.410 e. The first-order chi connectivity index (χ1) is 11.1. The van der Waals surface area contributed by atoms with Gasteiger partial charge < -0.3 is 20.1 Å². The summed E-state index contributed by atoms with van der Waals surface area (Å²) in [5.74, 6) is 0.797. The molecule has 1 heterocycles. The van der Waals surface area contributed by atoms with Gasteiger partial charge in [-0.25, -0.2) is 4.79 Å². The number of amides is 1. The summed E-state index contributed by atoms with van der Waals surface area (Å²) in [5.41, 5.74) is -0.292. The molecule has 0 aromatic heterocycles. The van der Waals surface area contributed by atoms with Crippen molar-refractivity contribution in [1.29, 1.82) is 0 Å². The van der Waals surface area contributed by atoms with Gasteiger partial charge in [0.2, 0.25) is 0 Å². The van der Waals surface area contributed by atoms with E-state index in [1.165, 1.54) is 0 Å². The fourth-order valence-corrected chi connectivity index (χ4v) is 3.08. The van der Waals surface area contributed by atoms with E-state index in [0.29, 0.717) is 11.8 Å². The molecule has 0 bridgehead atoms. The van der Waals surface area contributed by atoms with E-state index in [2.05, 4.69) is 26.1 Å². The summed E-state index contributed by atoms with van der Waals surface area (Å²) in [7, 11) is 0. The highest BCUT2D eigenvalue weighted by molar-refractivity contribution is 5.68. The van der Waals surface area contributed by atoms with Gasteiger partial charge in [-0.15, -0.1) is 0 Å². The number of hydrogen-bond donors (Lipinski definition) is 2. The minimum atomic E-state index is -0.445. The van der Waals surface area contributed by atoms with E-state index < -0.39 is 5.60 Å². The van der Waals surface area contributed by atoms with Gasteiger partial charge in [-0.2, -0.15) is 0 Å². The first-order valence-electron chi connectivity index (χ1n) is 9.42. The molecule has 0 aliphatic carbocycles. The van der Waals surface area contributed by atoms with Crippen molar-refractivity contribution in [3.63, 3.8) is 0 Å². The van der Waals surface area contributed by atoms with Crippen molar-refractivity contribution >= 4 is 6.09 Å². The van der Waals surface area contributed by atoms with Gasteiger partial charge in [-0.1, -0.05) is 6.92 Å². The average molecular weight is 343 g/mol. The SMILES string of the molecule is CCC(C)(C)NCCC(CO)C1CCN(C(=O)OC(C)(C)C)CC1. The maximum absolute atomic E-state index is 12.1. The van der Waals surface area contributed by atoms with Crippen molar-refractivity contribution in [3.05, 3.63) is 0 Å². The van der Waals surface area contributed by atoms with Crippen LogP contribution in [0.3, 0.4) is 0 Å². The number of rotatable bonds is 7. The molecule has 5 heteroatoms. The second-order valence-corrected chi connectivity index (χ2v) is 8.70. The molecule has 0 spiro atoms. The lowest BCUT2D eigenvalue weighted by Crippen LogP contribution is -2.44. The zero-order valence-corrected chi connectivity index (χ0v) is 16.5. The van der Waals surface area contributed by atoms with E-state index in [1.807, 2.05) is 20.8 Å². The van der Waals surface area contributed by atoms with Gasteiger partial charge in [-0.3, -0.25) is 0 Å². The second-order valence-electron chi connectivity index (χ2n) is 8.70. The Morgan fingerprint density at radius 1 is 1.25 bits per heavy atom. The van der Waals surface area contributed by atoms with Gasteiger partial charge in [0.1, 0.15) is 5.60 Å². The Kier molecular flexibility index (Phi) is 8.00. The lowest BCUT2D eigenvalue weighted by molar-refractivity contribution is 0.0137. The van der Waals surface area contributed by atoms with Gasteiger partial charge in [0.15, 0.2) is 0 Å². The van der Waals surface area contributed by atoms with Crippen LogP contribution in [0.15, 0.2) is 0 Å². The maximum Gasteiger partial charge on any atom is 0.410 e. The van der Waals surface area contributed by atoms with Crippen LogP contribution in [0.2, 0.25) is 0 Å². The third kappa shape index (κ3) is 7.39. The predicted octanol–water partition coefficient (Wildman–Crippen LogP) is 3.41. The van der Waals surface area contributed by atoms with E-state index in [1.54, 1.807) is 4.90 Å². The summed E-state index contributed by atoms with van der Waals surface area (Å²) in [5, 5.41) is 13.3. The van der Waals surface area contributed by atoms with E-state index in [4.69, 9.17) is 4.74 Å². The lowest BCUT2D eigenvalue weighted by atomic mass is 9.82. The molecule has 142 valence electrons. The minimum absolute atomic E-state index is 0.153. The standard InChI is InChI=1S/C19H38N2O3/c1-7-19(5,6)20-11-8-16(14-22)15-9-12-21(13-10-15)17(23)24-18(2,3)4/h15-16,20,22H,7-14H2,1-6H3. The zero-order valence-electron chi connectivity index (χ0n) is 16.5. The van der Waals surface area contributed by atoms with Crippen molar-refractivity contribution in [1.82, 2.24) is 10.2 Å². The van der Waals surface area contributed by atoms with E-state index in [-0.39, 0.29) is 18.2 Å². The van der Waals surface area contributed by atoms with Gasteiger partial charge in [0, 0.05) is 25.2 Å². The number of aliphatic hydroxyl groups is 1. The number of hydrogen-bond acceptors (Lipinski definition) is 4. The first-order valence-corrected chi connectivity index (χ1v) is 9.42. The first kappa shape index (κ1) is 21.2. The van der Waals surface area contributed by atoms with Gasteiger partial charge in [0.05, 0.1) is 0 Å². The Hall–Kier alpha value is -0.810. The summed E-state index contributed by atoms with van der Waals surface area (Å²) in [6, 6.07) is 0. The summed E-state index contributed by atoms with van der Waals surface area (Å²) in [6.45, 7) is 14.9. The third-order valence-corrected chi connectivity index (χ3v) is 5.10. The summed E-state index contributed by atoms with van der Waals surface area (Å²) < 4.78 is 5.44. The third-order valence-electron chi connectivity index (χ3n) is 5.10. The molecule has 0 aromatic rings. The highest BCUT2D eigenvalue weighted by Gasteiger charge is 2.30. The largest absolute Gasteiger partial charge is 0.444 e. The molecule has 0 radical (unpaired) electrons. The van der Waals surface area contributed by atoms with Crippen LogP contribution in [-0.4, -0.2) is 53.5 Å². The summed E-state index contributed by atoms with van der Waals surface area (Å²) in [6.07, 6.45) is 3.75. The Morgan fingerprint density at radius 2 is 1.83 bits per heavy atom. The average Bonchev–Trinajstić information content (AvgIpc) is 2.50. The van der Waals surface area contributed by atoms with Crippen molar-refractivity contribution in [2.75, 3.05) is 26.2 Å². The van der Waals surface area contributed by atoms with Crippen molar-refractivity contribution in [3.8, 4) is 0 Å². The van der Waals surface area contributed by atoms with E-state index in [0.717, 1.165) is 45.3 Å². The molecule has 1 aliphatic rings. The van der Waals surface area contributed by atoms with Crippen LogP contribution in [0.25, 0.3) is 0 Å². The molecule has 1 saturated heterocycles. The molecular formula is C19H38N2O3. The molecule has 1 fully saturated rings. The van der Waals surface area contributed by atoms with Crippen molar-refractivity contribution in [2.45, 2.75) is 78.4 Å². The molecule has 1 rings (SSSR count). The number of ether oxygens (including phenoxy) is 1. The van der Waals surface area contributed by atoms with Crippen LogP contribution < -0.4 is 5.32 Å². The topological polar surface area (TPSA) is 61.8 Å². The van der Waals surface area contributed by atoms with Gasteiger partial charge in [0.25, 0.3) is 0 Å². The molecule has 5 nitrogen and oxygen atoms in total. The zero-order chi connectivity index (χ0) is 18.4. The van der Waals surface area contributed by atoms with E-state index >= 15 is 0 Å². The van der Waals surface area contributed by atoms with Gasteiger partial charge in [-0.05, 0) is 78.7 Å². The molecule has 2 N–H and O–H groups in total. The molecule has 0 saturated carbocycles. The Balaban J connectivity index is 2.40. The van der Waals surface area contributed by atoms with Crippen LogP contribution in [0, 0.1) is 11.8 Å². The predicted molar refractivity (Wildman–Crippen MR) is 98.1 cm³/mol. The molecule has 24 heavy (non-hydrogen) atoms. The number of carbonyl (C=O) groups excluding carboxylic acids is 1. The monoisotopic (exact) mass is 342 g/mol. The van der Waals surface area contributed by atoms with E-state index in [9.17, 15) is 9.90 Å². The number of carbonyl (C=O) groups is 1. The van der Waals surface area contributed by atoms with Crippen LogP contribution in [0.4, 0.5) is 4.79 Å². The Labute approximate surface area is 148 Å². The normalized spacial score (nSPS) is 18.5. The highest BCUT2D eigenvalue weighted by atomic mass is 16.6. The highest BCUT2D eigenvalue weighted by Crippen LogP contribution is 2.28. The molecule has 0 aromatic carbocycles. The van der Waals surface area contributed by atoms with Crippen LogP contribution in [0.5, 0.6) is 0 Å². The fourth-order valence-electron chi connectivity index (χ4n) is 3.08. The Bertz CT molecular complexity index is 383. The quantitative estimate of drug-likeness (QED) is 0.744. The summed E-state index contributed by atoms with van der Waals surface area (Å²) >= 11 is 0. The fraction of sp³-hybridized carbons (Fsp3) is 0.947. The summed E-state index contributed by atoms with van der Waals surface area (Å²) in [4.78, 5) is 13.9. The molecule has 1 atom stereocenters. The number of aliphatic hydroxyl groups excluding tert-OH is 1. The molecule has 1 unspecified atom stereocenters. The lowest BCUT2D eigenvalue weighted by Gasteiger charge is -2.36. The number of piperidine rings is 1. The van der Waals surface area contributed by atoms with Crippen LogP contribution in [-0.2, 0) is 4.74 Å². The second kappa shape index (κ2) is 9.04. The molecule has 1 aliphatic heterocycles. The Morgan fingerprint density at radius 3 is 2.29 bits per heavy atom. The van der Waals surface area contributed by atoms with Crippen LogP contribution >= 0.6 is 0 Å². The molecular weight excluding hydrogens is 304 g/mol. The van der Waals surface area contributed by atoms with Crippen LogP contribution in [0.1, 0.15) is 67.2 Å². The van der Waals surface area contributed by atoms with Crippen molar-refractivity contribution in [2.24, 2.45) is 11.8 Å². The number of likely N-dealkylation sites (tertiary alicyclic amines) is 1. The van der Waals surface area contributed by atoms with Gasteiger partial charge >= 0.3 is 6.09 Å². The van der Waals surface area contributed by atoms with Crippen molar-refractivity contribution < 1.29 is 14.6 Å². The molecule has 1 amide bonds. The number of nitrogens with one attached hydrogen (secondary N) is 1. The maximum atomic E-state index is 12.1. The minimum Gasteiger partial charge on any atom is -0.444 e. The number of nitrogens with zero attached hydrogens (tertiary/aromatic N) is 1.